The summed E-state index contributed by atoms with van der Waals surface area (Å²) in [7, 11) is 0. The number of rotatable bonds is 0. The Morgan fingerprint density at radius 1 is 0.936 bits per heavy atom. The first-order valence-corrected chi connectivity index (χ1v) is 15.6. The number of aryl methyl sites for hydroxylation is 1. The van der Waals surface area contributed by atoms with Crippen LogP contribution in [0.1, 0.15) is 63.1 Å². The van der Waals surface area contributed by atoms with Gasteiger partial charge in [0.05, 0.1) is 17.2 Å². The molecule has 47 heavy (non-hydrogen) atoms. The average molecular weight is 647 g/mol. The second kappa shape index (κ2) is 10.4. The van der Waals surface area contributed by atoms with Gasteiger partial charge in [0.2, 0.25) is 12.1 Å². The van der Waals surface area contributed by atoms with Crippen molar-refractivity contribution in [1.29, 1.82) is 0 Å². The van der Waals surface area contributed by atoms with Crippen LogP contribution in [0.5, 0.6) is 11.5 Å². The van der Waals surface area contributed by atoms with Crippen LogP contribution in [0.2, 0.25) is 0 Å². The van der Waals surface area contributed by atoms with E-state index < -0.39 is 65.3 Å². The molecule has 2 aromatic carbocycles. The zero-order chi connectivity index (χ0) is 33.0. The smallest absolute Gasteiger partial charge is 0.229 e. The Morgan fingerprint density at radius 2 is 1.70 bits per heavy atom. The summed E-state index contributed by atoms with van der Waals surface area (Å²) in [5, 5.41) is 71.3. The maximum Gasteiger partial charge on any atom is 0.229 e. The maximum absolute atomic E-state index is 14.2. The summed E-state index contributed by atoms with van der Waals surface area (Å²) >= 11 is 0. The van der Waals surface area contributed by atoms with E-state index in [1.165, 1.54) is 30.5 Å². The molecule has 3 aromatic rings. The van der Waals surface area contributed by atoms with Crippen molar-refractivity contribution in [2.45, 2.75) is 75.1 Å². The maximum atomic E-state index is 14.2. The Bertz CT molecular complexity index is 1890. The number of ether oxygens (including phenoxy) is 2. The SMILES string of the molecule is Cc1cc(O)c2c(c1)C(=O)c1c(c3cc4c(nccc14)NC[C@@H](O)C1(CCCC1)C1=C[C@@]4(O[C@@H](O3)[C@H](O)[C@@H](O)[C@@H]4O)[C@@H](O)NN1)C2=O. The lowest BCUT2D eigenvalue weighted by Crippen LogP contribution is -2.74. The molecule has 14 nitrogen and oxygen atoms in total. The molecule has 0 amide bonds. The van der Waals surface area contributed by atoms with Crippen LogP contribution < -0.4 is 20.9 Å². The third-order valence-electron chi connectivity index (χ3n) is 10.5. The number of hydrazine groups is 1. The molecule has 0 radical (unpaired) electrons. The van der Waals surface area contributed by atoms with Crippen LogP contribution in [0.4, 0.5) is 5.82 Å². The molecule has 2 fully saturated rings. The first-order valence-electron chi connectivity index (χ1n) is 15.6. The van der Waals surface area contributed by atoms with Crippen molar-refractivity contribution >= 4 is 28.2 Å². The number of carbonyl (C=O) groups excluding carboxylic acids is 2. The highest BCUT2D eigenvalue weighted by atomic mass is 16.7. The molecule has 4 heterocycles. The minimum atomic E-state index is -2.09. The molecule has 5 aliphatic rings. The molecule has 1 saturated carbocycles. The van der Waals surface area contributed by atoms with E-state index in [9.17, 15) is 40.2 Å². The molecule has 14 heteroatoms. The van der Waals surface area contributed by atoms with Gasteiger partial charge in [-0.2, -0.15) is 0 Å². The van der Waals surface area contributed by atoms with Gasteiger partial charge in [-0.3, -0.25) is 9.59 Å². The third kappa shape index (κ3) is 4.13. The first-order chi connectivity index (χ1) is 22.5. The Kier molecular flexibility index (Phi) is 6.70. The number of phenols is 1. The number of fused-ring (bicyclic) bond motifs is 7. The summed E-state index contributed by atoms with van der Waals surface area (Å²) < 4.78 is 12.4. The molecule has 0 unspecified atom stereocenters. The van der Waals surface area contributed by atoms with E-state index in [4.69, 9.17) is 9.47 Å². The van der Waals surface area contributed by atoms with Crippen LogP contribution in [0.15, 0.2) is 42.2 Å². The number of phenolic OH excluding ortho intramolecular Hbond substituents is 1. The topological polar surface area (TPSA) is 223 Å². The number of aromatic hydroxyl groups is 1. The van der Waals surface area contributed by atoms with Crippen molar-refractivity contribution in [3.8, 4) is 11.5 Å². The Hall–Kier alpha value is -4.15. The minimum Gasteiger partial charge on any atom is -0.507 e. The van der Waals surface area contributed by atoms with Crippen molar-refractivity contribution in [1.82, 2.24) is 15.8 Å². The third-order valence-corrected chi connectivity index (χ3v) is 10.5. The Morgan fingerprint density at radius 3 is 2.47 bits per heavy atom. The van der Waals surface area contributed by atoms with E-state index in [1.807, 2.05) is 0 Å². The number of hydrogen-bond acceptors (Lipinski definition) is 14. The van der Waals surface area contributed by atoms with Gasteiger partial charge in [0.25, 0.3) is 0 Å². The number of β-amino-alcohol motifs (C(OH)–C–C–N with tert-alkyl or cyclic N) is 1. The quantitative estimate of drug-likeness (QED) is 0.125. The number of aliphatic hydroxyl groups excluding tert-OH is 5. The fourth-order valence-electron chi connectivity index (χ4n) is 8.00. The highest BCUT2D eigenvalue weighted by molar-refractivity contribution is 6.34. The second-order valence-electron chi connectivity index (χ2n) is 13.1. The van der Waals surface area contributed by atoms with Crippen LogP contribution in [-0.2, 0) is 4.74 Å². The number of aliphatic hydroxyl groups is 5. The van der Waals surface area contributed by atoms with E-state index in [1.54, 1.807) is 13.0 Å². The van der Waals surface area contributed by atoms with Crippen LogP contribution in [0, 0.1) is 12.3 Å². The summed E-state index contributed by atoms with van der Waals surface area (Å²) in [5.41, 5.74) is 3.19. The van der Waals surface area contributed by atoms with Gasteiger partial charge in [-0.05, 0) is 61.1 Å². The monoisotopic (exact) mass is 646 g/mol. The van der Waals surface area contributed by atoms with Gasteiger partial charge in [0.15, 0.2) is 17.6 Å². The van der Waals surface area contributed by atoms with Crippen LogP contribution in [-0.4, -0.2) is 96.3 Å². The number of ketones is 2. The van der Waals surface area contributed by atoms with Crippen molar-refractivity contribution in [3.63, 3.8) is 0 Å². The van der Waals surface area contributed by atoms with Gasteiger partial charge in [-0.15, -0.1) is 0 Å². The molecule has 3 aliphatic heterocycles. The fourth-order valence-corrected chi connectivity index (χ4v) is 8.00. The number of aromatic nitrogens is 1. The number of nitrogens with one attached hydrogen (secondary N) is 3. The van der Waals surface area contributed by atoms with Gasteiger partial charge < -0.3 is 50.9 Å². The summed E-state index contributed by atoms with van der Waals surface area (Å²) in [6.45, 7) is 1.69. The number of pyridine rings is 1. The molecule has 7 atom stereocenters. The van der Waals surface area contributed by atoms with E-state index in [0.717, 1.165) is 12.8 Å². The number of nitrogens with zero attached hydrogens (tertiary/aromatic N) is 1. The van der Waals surface area contributed by atoms with Gasteiger partial charge in [-0.1, -0.05) is 12.8 Å². The van der Waals surface area contributed by atoms with Gasteiger partial charge in [0.1, 0.15) is 35.6 Å². The summed E-state index contributed by atoms with van der Waals surface area (Å²) in [4.78, 5) is 32.9. The molecule has 5 bridgehead atoms. The molecule has 8 rings (SSSR count). The van der Waals surface area contributed by atoms with E-state index in [-0.39, 0.29) is 40.4 Å². The van der Waals surface area contributed by atoms with Crippen molar-refractivity contribution in [3.05, 3.63) is 70.1 Å². The second-order valence-corrected chi connectivity index (χ2v) is 13.1. The molecule has 1 saturated heterocycles. The van der Waals surface area contributed by atoms with Crippen LogP contribution >= 0.6 is 0 Å². The Labute approximate surface area is 267 Å². The largest absolute Gasteiger partial charge is 0.507 e. The van der Waals surface area contributed by atoms with Gasteiger partial charge in [0, 0.05) is 40.4 Å². The summed E-state index contributed by atoms with van der Waals surface area (Å²) in [6, 6.07) is 5.91. The summed E-state index contributed by atoms with van der Waals surface area (Å²) in [5.74, 6) is -1.62. The van der Waals surface area contributed by atoms with Crippen molar-refractivity contribution in [2.24, 2.45) is 5.41 Å². The first kappa shape index (κ1) is 30.2. The van der Waals surface area contributed by atoms with E-state index in [2.05, 4.69) is 21.2 Å². The van der Waals surface area contributed by atoms with Crippen molar-refractivity contribution < 1.29 is 49.7 Å². The lowest BCUT2D eigenvalue weighted by atomic mass is 9.73. The van der Waals surface area contributed by atoms with Crippen molar-refractivity contribution in [2.75, 3.05) is 11.9 Å². The zero-order valence-corrected chi connectivity index (χ0v) is 25.2. The Balaban J connectivity index is 1.39. The predicted octanol–water partition coefficient (Wildman–Crippen LogP) is 0.238. The molecule has 246 valence electrons. The molecular formula is C33H34N4O10. The summed E-state index contributed by atoms with van der Waals surface area (Å²) in [6.07, 6.45) is -4.58. The van der Waals surface area contributed by atoms with Gasteiger partial charge >= 0.3 is 0 Å². The van der Waals surface area contributed by atoms with Gasteiger partial charge in [-0.25, -0.2) is 10.4 Å². The molecule has 9 N–H and O–H groups in total. The van der Waals surface area contributed by atoms with Crippen LogP contribution in [0.3, 0.4) is 0 Å². The molecular weight excluding hydrogens is 612 g/mol. The lowest BCUT2D eigenvalue weighted by Gasteiger charge is -2.52. The number of anilines is 1. The number of benzene rings is 2. The number of carbonyl (C=O) groups is 2. The number of hydrogen-bond donors (Lipinski definition) is 9. The van der Waals surface area contributed by atoms with E-state index >= 15 is 0 Å². The zero-order valence-electron chi connectivity index (χ0n) is 25.2. The highest BCUT2D eigenvalue weighted by Gasteiger charge is 2.60. The lowest BCUT2D eigenvalue weighted by molar-refractivity contribution is -0.322. The standard InChI is InChI=1S/C33H34N4O10/c1-13-8-16-21(17(38)9-13)25(41)23-18-10-15-14(22(23)24(16)40)4-7-34-29(15)35-12-20(39)32(5-2-3-6-32)19-11-33(31(45)37-36-19)28(44)26(42)27(43)30(46-18)47-33/h4,7-11,20,26-28,30-31,36-39,42-45H,2-3,5-6,12H2,1H3,(H,34,35)/t20-,26-,27-,28+,30-,31-,33+/m1/s1. The molecule has 2 spiro atoms. The van der Waals surface area contributed by atoms with E-state index in [0.29, 0.717) is 34.9 Å². The predicted molar refractivity (Wildman–Crippen MR) is 163 cm³/mol. The molecule has 1 aromatic heterocycles. The fraction of sp³-hybridized carbons (Fsp3) is 0.424. The molecule has 2 aliphatic carbocycles. The van der Waals surface area contributed by atoms with Crippen LogP contribution in [0.25, 0.3) is 10.8 Å². The minimum absolute atomic E-state index is 0.00408. The normalized spacial score (nSPS) is 32.5. The average Bonchev–Trinajstić information content (AvgIpc) is 3.55. The highest BCUT2D eigenvalue weighted by Crippen LogP contribution is 2.50.